The van der Waals surface area contributed by atoms with Crippen LogP contribution in [0.2, 0.25) is 0 Å². The molecule has 1 aliphatic heterocycles. The number of hydrogen-bond acceptors (Lipinski definition) is 9. The fraction of sp³-hybridized carbons (Fsp3) is 0.538. The predicted molar refractivity (Wildman–Crippen MR) is 83.7 cm³/mol. The maximum atomic E-state index is 12.0. The van der Waals surface area contributed by atoms with E-state index in [1.165, 1.54) is 17.2 Å². The number of aliphatic hydroxyl groups excluding tert-OH is 2. The van der Waals surface area contributed by atoms with E-state index >= 15 is 0 Å². The number of aromatic nitrogens is 4. The van der Waals surface area contributed by atoms with Crippen LogP contribution in [0.25, 0.3) is 11.2 Å². The number of fused-ring (bicyclic) bond motifs is 1. The van der Waals surface area contributed by atoms with Crippen molar-refractivity contribution in [1.29, 1.82) is 0 Å². The Hall–Kier alpha value is -2.38. The standard InChI is InChI=1S/C13H18N6O5.H2O/c1-2-3-23-18-12(22)9-7(20)8(21)13(24-9)19-5-17-6-10(14)15-4-16-11(6)19;/h4-5,7-9,13,20-21H,2-3H2,1H3,(H,18,22)(H2,14,15,16);1H2/t7-,8+,9-,13?;/m0./s1. The third-order valence-corrected chi connectivity index (χ3v) is 3.64. The number of nitrogens with one attached hydrogen (secondary N) is 1. The monoisotopic (exact) mass is 356 g/mol. The van der Waals surface area contributed by atoms with Crippen molar-refractivity contribution < 1.29 is 30.1 Å². The Bertz CT molecular complexity index is 739. The number of hydrogen-bond donors (Lipinski definition) is 4. The fourth-order valence-electron chi connectivity index (χ4n) is 2.44. The molecule has 2 aromatic rings. The topological polar surface area (TPSA) is 189 Å². The zero-order valence-electron chi connectivity index (χ0n) is 13.4. The van der Waals surface area contributed by atoms with Crippen molar-refractivity contribution in [3.05, 3.63) is 12.7 Å². The Morgan fingerprint density at radius 3 is 2.88 bits per heavy atom. The zero-order chi connectivity index (χ0) is 17.3. The molecule has 25 heavy (non-hydrogen) atoms. The lowest BCUT2D eigenvalue weighted by Crippen LogP contribution is -2.42. The van der Waals surface area contributed by atoms with Crippen molar-refractivity contribution in [3.8, 4) is 0 Å². The van der Waals surface area contributed by atoms with E-state index in [9.17, 15) is 15.0 Å². The Kier molecular flexibility index (Phi) is 5.81. The molecule has 0 saturated carbocycles. The van der Waals surface area contributed by atoms with E-state index in [0.717, 1.165) is 0 Å². The SMILES string of the molecule is CCCONC(=O)[C@H]1OC(n2cnc3c(N)ncnc32)[C@H](O)[C@@H]1O.O. The first-order chi connectivity index (χ1) is 11.5. The second-order valence-electron chi connectivity index (χ2n) is 5.33. The first-order valence-electron chi connectivity index (χ1n) is 7.40. The van der Waals surface area contributed by atoms with Gasteiger partial charge >= 0.3 is 0 Å². The first-order valence-corrected chi connectivity index (χ1v) is 7.40. The number of amides is 1. The minimum atomic E-state index is -1.43. The van der Waals surface area contributed by atoms with Crippen LogP contribution in [0.15, 0.2) is 12.7 Å². The molecule has 1 amide bonds. The van der Waals surface area contributed by atoms with Gasteiger partial charge in [0.15, 0.2) is 23.8 Å². The molecule has 3 rings (SSSR count). The lowest BCUT2D eigenvalue weighted by Gasteiger charge is -2.16. The van der Waals surface area contributed by atoms with Gasteiger partial charge in [-0.2, -0.15) is 0 Å². The van der Waals surface area contributed by atoms with Gasteiger partial charge in [-0.1, -0.05) is 6.92 Å². The number of imidazole rings is 1. The van der Waals surface area contributed by atoms with Crippen LogP contribution in [-0.2, 0) is 14.4 Å². The molecule has 1 saturated heterocycles. The number of nitrogens with two attached hydrogens (primary N) is 1. The smallest absolute Gasteiger partial charge is 0.275 e. The molecule has 0 radical (unpaired) electrons. The van der Waals surface area contributed by atoms with E-state index in [4.69, 9.17) is 15.3 Å². The number of aliphatic hydroxyl groups is 2. The average molecular weight is 356 g/mol. The molecule has 0 bridgehead atoms. The van der Waals surface area contributed by atoms with E-state index in [1.807, 2.05) is 6.92 Å². The van der Waals surface area contributed by atoms with Crippen LogP contribution in [-0.4, -0.2) is 66.0 Å². The number of hydroxylamine groups is 1. The van der Waals surface area contributed by atoms with Gasteiger partial charge < -0.3 is 26.2 Å². The highest BCUT2D eigenvalue weighted by Gasteiger charge is 2.48. The Labute approximate surface area is 141 Å². The van der Waals surface area contributed by atoms with Gasteiger partial charge in [-0.15, -0.1) is 0 Å². The zero-order valence-corrected chi connectivity index (χ0v) is 13.4. The summed E-state index contributed by atoms with van der Waals surface area (Å²) in [7, 11) is 0. The second kappa shape index (κ2) is 7.67. The molecule has 12 nitrogen and oxygen atoms in total. The maximum Gasteiger partial charge on any atom is 0.275 e. The summed E-state index contributed by atoms with van der Waals surface area (Å²) in [4.78, 5) is 28.9. The molecule has 1 fully saturated rings. The number of carbonyl (C=O) groups excluding carboxylic acids is 1. The molecule has 3 heterocycles. The summed E-state index contributed by atoms with van der Waals surface area (Å²) < 4.78 is 6.89. The number of carbonyl (C=O) groups is 1. The van der Waals surface area contributed by atoms with Crippen LogP contribution in [0.4, 0.5) is 5.82 Å². The maximum absolute atomic E-state index is 12.0. The fourth-order valence-corrected chi connectivity index (χ4v) is 2.44. The highest BCUT2D eigenvalue weighted by atomic mass is 16.7. The van der Waals surface area contributed by atoms with Crippen molar-refractivity contribution in [2.45, 2.75) is 37.9 Å². The van der Waals surface area contributed by atoms with Gasteiger partial charge in [-0.3, -0.25) is 14.2 Å². The van der Waals surface area contributed by atoms with Crippen molar-refractivity contribution in [3.63, 3.8) is 0 Å². The van der Waals surface area contributed by atoms with Crippen LogP contribution < -0.4 is 11.2 Å². The van der Waals surface area contributed by atoms with E-state index < -0.39 is 30.4 Å². The number of nitrogens with zero attached hydrogens (tertiary/aromatic N) is 4. The summed E-state index contributed by atoms with van der Waals surface area (Å²) in [5.74, 6) is -0.509. The van der Waals surface area contributed by atoms with Gasteiger partial charge in [0, 0.05) is 0 Å². The number of nitrogen functional groups attached to an aromatic ring is 1. The molecule has 7 N–H and O–H groups in total. The summed E-state index contributed by atoms with van der Waals surface area (Å²) in [5, 5.41) is 20.3. The Balaban J connectivity index is 0.00000225. The second-order valence-corrected chi connectivity index (χ2v) is 5.33. The largest absolute Gasteiger partial charge is 0.412 e. The molecule has 0 aromatic carbocycles. The molecule has 4 atom stereocenters. The van der Waals surface area contributed by atoms with E-state index in [2.05, 4.69) is 20.4 Å². The normalized spacial score (nSPS) is 25.7. The summed E-state index contributed by atoms with van der Waals surface area (Å²) in [6, 6.07) is 0. The minimum absolute atomic E-state index is 0. The van der Waals surface area contributed by atoms with E-state index in [0.29, 0.717) is 24.2 Å². The van der Waals surface area contributed by atoms with Crippen LogP contribution in [0, 0.1) is 0 Å². The molecular weight excluding hydrogens is 336 g/mol. The van der Waals surface area contributed by atoms with Crippen molar-refractivity contribution in [2.24, 2.45) is 0 Å². The minimum Gasteiger partial charge on any atom is -0.412 e. The van der Waals surface area contributed by atoms with Crippen LogP contribution in [0.3, 0.4) is 0 Å². The third kappa shape index (κ3) is 3.38. The Morgan fingerprint density at radius 1 is 1.40 bits per heavy atom. The molecule has 0 aliphatic carbocycles. The number of anilines is 1. The lowest BCUT2D eigenvalue weighted by molar-refractivity contribution is -0.150. The summed E-state index contributed by atoms with van der Waals surface area (Å²) in [6.45, 7) is 2.20. The van der Waals surface area contributed by atoms with E-state index in [1.54, 1.807) is 0 Å². The van der Waals surface area contributed by atoms with Crippen molar-refractivity contribution in [1.82, 2.24) is 25.0 Å². The van der Waals surface area contributed by atoms with Crippen molar-refractivity contribution >= 4 is 22.9 Å². The Morgan fingerprint density at radius 2 is 2.16 bits per heavy atom. The van der Waals surface area contributed by atoms with E-state index in [-0.39, 0.29) is 11.3 Å². The molecule has 12 heteroatoms. The predicted octanol–water partition coefficient (Wildman–Crippen LogP) is -2.34. The molecule has 2 aromatic heterocycles. The highest BCUT2D eigenvalue weighted by Crippen LogP contribution is 2.32. The molecule has 0 spiro atoms. The van der Waals surface area contributed by atoms with Crippen molar-refractivity contribution in [2.75, 3.05) is 12.3 Å². The van der Waals surface area contributed by atoms with Gasteiger partial charge in [-0.25, -0.2) is 20.4 Å². The number of rotatable bonds is 5. The molecular formula is C13H20N6O6. The van der Waals surface area contributed by atoms with Gasteiger partial charge in [0.2, 0.25) is 0 Å². The highest BCUT2D eigenvalue weighted by molar-refractivity contribution is 5.82. The van der Waals surface area contributed by atoms with Crippen LogP contribution >= 0.6 is 0 Å². The lowest BCUT2D eigenvalue weighted by atomic mass is 10.1. The summed E-state index contributed by atoms with van der Waals surface area (Å²) in [6.07, 6.45) is -1.83. The van der Waals surface area contributed by atoms with Gasteiger partial charge in [0.1, 0.15) is 24.1 Å². The summed E-state index contributed by atoms with van der Waals surface area (Å²) in [5.41, 5.74) is 8.55. The summed E-state index contributed by atoms with van der Waals surface area (Å²) >= 11 is 0. The van der Waals surface area contributed by atoms with Crippen LogP contribution in [0.5, 0.6) is 0 Å². The molecule has 1 aliphatic rings. The van der Waals surface area contributed by atoms with Gasteiger partial charge in [0.05, 0.1) is 12.9 Å². The molecule has 138 valence electrons. The quantitative estimate of drug-likeness (QED) is 0.336. The first kappa shape index (κ1) is 19.0. The average Bonchev–Trinajstić information content (AvgIpc) is 3.11. The van der Waals surface area contributed by atoms with Gasteiger partial charge in [0.25, 0.3) is 5.91 Å². The molecule has 1 unspecified atom stereocenters. The van der Waals surface area contributed by atoms with Gasteiger partial charge in [-0.05, 0) is 6.42 Å². The third-order valence-electron chi connectivity index (χ3n) is 3.64. The number of ether oxygens (including phenoxy) is 1. The van der Waals surface area contributed by atoms with Crippen LogP contribution in [0.1, 0.15) is 19.6 Å².